The molecule has 2 atom stereocenters. The molecule has 0 aliphatic rings. The first-order chi connectivity index (χ1) is 10.5. The molecule has 1 amide bonds. The van der Waals surface area contributed by atoms with Crippen molar-refractivity contribution in [3.8, 4) is 0 Å². The number of carbonyl (C=O) groups excluding carboxylic acids is 1. The van der Waals surface area contributed by atoms with Crippen molar-refractivity contribution in [3.63, 3.8) is 0 Å². The van der Waals surface area contributed by atoms with Gasteiger partial charge in [-0.2, -0.15) is 0 Å². The molecule has 0 aliphatic carbocycles. The van der Waals surface area contributed by atoms with Gasteiger partial charge in [0.2, 0.25) is 5.91 Å². The second-order valence-corrected chi connectivity index (χ2v) is 6.84. The second-order valence-electron chi connectivity index (χ2n) is 4.69. The van der Waals surface area contributed by atoms with E-state index < -0.39 is 0 Å². The van der Waals surface area contributed by atoms with E-state index in [1.807, 2.05) is 19.9 Å². The number of nitrogens with zero attached hydrogens (tertiary/aromatic N) is 2. The molecule has 22 heavy (non-hydrogen) atoms. The lowest BCUT2D eigenvalue weighted by Crippen LogP contribution is -2.33. The third kappa shape index (κ3) is 4.60. The zero-order valence-corrected chi connectivity index (χ0v) is 14.4. The van der Waals surface area contributed by atoms with E-state index in [0.717, 1.165) is 5.56 Å². The van der Waals surface area contributed by atoms with Crippen LogP contribution in [-0.4, -0.2) is 21.1 Å². The molecule has 7 heteroatoms. The number of rotatable bonds is 5. The Balaban J connectivity index is 1.98. The predicted molar refractivity (Wildman–Crippen MR) is 90.4 cm³/mol. The summed E-state index contributed by atoms with van der Waals surface area (Å²) < 4.78 is 0. The number of hydrogen-bond donors (Lipinski definition) is 1. The van der Waals surface area contributed by atoms with Crippen molar-refractivity contribution < 1.29 is 4.79 Å². The molecule has 0 saturated heterocycles. The van der Waals surface area contributed by atoms with Crippen LogP contribution in [0.25, 0.3) is 0 Å². The molecular weight excluding hydrogens is 341 g/mol. The molecule has 0 fully saturated rings. The zero-order valence-electron chi connectivity index (χ0n) is 12.1. The molecule has 1 N–H and O–H groups in total. The maximum Gasteiger partial charge on any atom is 0.233 e. The third-order valence-corrected chi connectivity index (χ3v) is 4.53. The fourth-order valence-electron chi connectivity index (χ4n) is 1.82. The maximum atomic E-state index is 12.3. The van der Waals surface area contributed by atoms with Crippen molar-refractivity contribution in [2.45, 2.75) is 30.3 Å². The summed E-state index contributed by atoms with van der Waals surface area (Å²) in [5.41, 5.74) is 0.826. The van der Waals surface area contributed by atoms with Gasteiger partial charge in [-0.3, -0.25) is 4.79 Å². The van der Waals surface area contributed by atoms with Gasteiger partial charge in [-0.25, -0.2) is 9.97 Å². The molecule has 1 heterocycles. The molecular formula is C15H15Cl2N3OS. The number of carbonyl (C=O) groups is 1. The molecule has 0 aliphatic heterocycles. The van der Waals surface area contributed by atoms with Crippen molar-refractivity contribution in [2.24, 2.45) is 0 Å². The van der Waals surface area contributed by atoms with Gasteiger partial charge in [-0.15, -0.1) is 0 Å². The highest BCUT2D eigenvalue weighted by Gasteiger charge is 2.19. The van der Waals surface area contributed by atoms with Crippen LogP contribution < -0.4 is 5.32 Å². The Morgan fingerprint density at radius 2 is 1.91 bits per heavy atom. The fraction of sp³-hybridized carbons (Fsp3) is 0.267. The minimum Gasteiger partial charge on any atom is -0.349 e. The van der Waals surface area contributed by atoms with Crippen LogP contribution in [0.3, 0.4) is 0 Å². The van der Waals surface area contributed by atoms with Crippen LogP contribution in [0.5, 0.6) is 0 Å². The standard InChI is InChI=1S/C15H15Cl2N3OS/c1-9(12-5-4-11(16)8-13(12)17)20-14(21)10(2)22-15-18-6-3-7-19-15/h3-10H,1-2H3,(H,20,21)/t9-,10+/m1/s1. The maximum absolute atomic E-state index is 12.3. The highest BCUT2D eigenvalue weighted by atomic mass is 35.5. The van der Waals surface area contributed by atoms with E-state index in [1.54, 1.807) is 30.6 Å². The van der Waals surface area contributed by atoms with Gasteiger partial charge in [0, 0.05) is 22.4 Å². The minimum absolute atomic E-state index is 0.101. The molecule has 1 aromatic carbocycles. The second kappa shape index (κ2) is 7.81. The molecule has 0 spiro atoms. The Labute approximate surface area is 143 Å². The summed E-state index contributed by atoms with van der Waals surface area (Å²) in [7, 11) is 0. The highest BCUT2D eigenvalue weighted by Crippen LogP contribution is 2.27. The molecule has 0 radical (unpaired) electrons. The first-order valence-corrected chi connectivity index (χ1v) is 8.30. The Hall–Kier alpha value is -1.30. The summed E-state index contributed by atoms with van der Waals surface area (Å²) in [6.45, 7) is 3.69. The summed E-state index contributed by atoms with van der Waals surface area (Å²) in [5, 5.41) is 4.30. The van der Waals surface area contributed by atoms with Crippen LogP contribution in [-0.2, 0) is 4.79 Å². The van der Waals surface area contributed by atoms with E-state index in [4.69, 9.17) is 23.2 Å². The van der Waals surface area contributed by atoms with Gasteiger partial charge in [-0.1, -0.05) is 41.0 Å². The Morgan fingerprint density at radius 3 is 2.55 bits per heavy atom. The highest BCUT2D eigenvalue weighted by molar-refractivity contribution is 8.00. The van der Waals surface area contributed by atoms with E-state index in [0.29, 0.717) is 15.2 Å². The lowest BCUT2D eigenvalue weighted by Gasteiger charge is -2.18. The van der Waals surface area contributed by atoms with Gasteiger partial charge in [0.05, 0.1) is 11.3 Å². The van der Waals surface area contributed by atoms with Gasteiger partial charge in [0.15, 0.2) is 5.16 Å². The quantitative estimate of drug-likeness (QED) is 0.646. The number of thioether (sulfide) groups is 1. The average Bonchev–Trinajstić information content (AvgIpc) is 2.47. The Bertz CT molecular complexity index is 654. The van der Waals surface area contributed by atoms with Crippen molar-refractivity contribution in [2.75, 3.05) is 0 Å². The number of aromatic nitrogens is 2. The summed E-state index contributed by atoms with van der Waals surface area (Å²) in [6, 6.07) is 6.75. The number of halogens is 2. The van der Waals surface area contributed by atoms with Crippen molar-refractivity contribution in [1.82, 2.24) is 15.3 Å². The van der Waals surface area contributed by atoms with Gasteiger partial charge in [0.1, 0.15) is 0 Å². The molecule has 0 unspecified atom stereocenters. The van der Waals surface area contributed by atoms with Crippen molar-refractivity contribution in [3.05, 3.63) is 52.3 Å². The third-order valence-electron chi connectivity index (χ3n) is 2.98. The number of benzene rings is 1. The Kier molecular flexibility index (Phi) is 6.06. The molecule has 2 aromatic rings. The topological polar surface area (TPSA) is 54.9 Å². The molecule has 4 nitrogen and oxygen atoms in total. The van der Waals surface area contributed by atoms with Gasteiger partial charge in [0.25, 0.3) is 0 Å². The largest absolute Gasteiger partial charge is 0.349 e. The van der Waals surface area contributed by atoms with Gasteiger partial charge in [-0.05, 0) is 37.6 Å². The van der Waals surface area contributed by atoms with Crippen LogP contribution >= 0.6 is 35.0 Å². The summed E-state index contributed by atoms with van der Waals surface area (Å²) in [4.78, 5) is 20.4. The van der Waals surface area contributed by atoms with Gasteiger partial charge >= 0.3 is 0 Å². The predicted octanol–water partition coefficient (Wildman–Crippen LogP) is 4.14. The molecule has 116 valence electrons. The normalized spacial score (nSPS) is 13.5. The van der Waals surface area contributed by atoms with E-state index in [2.05, 4.69) is 15.3 Å². The van der Waals surface area contributed by atoms with E-state index in [9.17, 15) is 4.79 Å². The molecule has 0 saturated carbocycles. The lowest BCUT2D eigenvalue weighted by molar-refractivity contribution is -0.120. The van der Waals surface area contributed by atoms with Crippen molar-refractivity contribution >= 4 is 40.9 Å². The fourth-order valence-corrected chi connectivity index (χ4v) is 3.13. The lowest BCUT2D eigenvalue weighted by atomic mass is 10.1. The zero-order chi connectivity index (χ0) is 16.1. The smallest absolute Gasteiger partial charge is 0.233 e. The van der Waals surface area contributed by atoms with Crippen LogP contribution in [0.15, 0.2) is 41.8 Å². The summed E-state index contributed by atoms with van der Waals surface area (Å²) in [5.74, 6) is -0.101. The summed E-state index contributed by atoms with van der Waals surface area (Å²) in [6.07, 6.45) is 3.30. The number of hydrogen-bond acceptors (Lipinski definition) is 4. The van der Waals surface area contributed by atoms with Crippen LogP contribution in [0.2, 0.25) is 10.0 Å². The van der Waals surface area contributed by atoms with Crippen LogP contribution in [0.4, 0.5) is 0 Å². The number of nitrogens with one attached hydrogen (secondary N) is 1. The first-order valence-electron chi connectivity index (χ1n) is 6.66. The molecule has 2 rings (SSSR count). The monoisotopic (exact) mass is 355 g/mol. The summed E-state index contributed by atoms with van der Waals surface area (Å²) >= 11 is 13.3. The van der Waals surface area contributed by atoms with Crippen LogP contribution in [0.1, 0.15) is 25.5 Å². The average molecular weight is 356 g/mol. The van der Waals surface area contributed by atoms with Gasteiger partial charge < -0.3 is 5.32 Å². The van der Waals surface area contributed by atoms with Crippen molar-refractivity contribution in [1.29, 1.82) is 0 Å². The molecule has 1 aromatic heterocycles. The Morgan fingerprint density at radius 1 is 1.23 bits per heavy atom. The van der Waals surface area contributed by atoms with E-state index in [-0.39, 0.29) is 17.2 Å². The SMILES string of the molecule is C[C@H](Sc1ncccn1)C(=O)N[C@H](C)c1ccc(Cl)cc1Cl. The van der Waals surface area contributed by atoms with E-state index >= 15 is 0 Å². The number of amides is 1. The van der Waals surface area contributed by atoms with Crippen LogP contribution in [0, 0.1) is 0 Å². The van der Waals surface area contributed by atoms with E-state index in [1.165, 1.54) is 11.8 Å². The first kappa shape index (κ1) is 17.1. The molecule has 0 bridgehead atoms. The minimum atomic E-state index is -0.309.